The van der Waals surface area contributed by atoms with Crippen molar-refractivity contribution in [2.24, 2.45) is 0 Å². The van der Waals surface area contributed by atoms with Crippen LogP contribution in [-0.2, 0) is 0 Å². The van der Waals surface area contributed by atoms with Crippen molar-refractivity contribution in [2.75, 3.05) is 12.5 Å². The third-order valence-electron chi connectivity index (χ3n) is 1.75. The Balaban J connectivity index is 2.60. The van der Waals surface area contributed by atoms with Crippen molar-refractivity contribution >= 4 is 27.5 Å². The van der Waals surface area contributed by atoms with Gasteiger partial charge in [0.2, 0.25) is 5.82 Å². The van der Waals surface area contributed by atoms with E-state index in [4.69, 9.17) is 16.3 Å². The third-order valence-corrected chi connectivity index (χ3v) is 2.47. The highest BCUT2D eigenvalue weighted by Crippen LogP contribution is 2.25. The summed E-state index contributed by atoms with van der Waals surface area (Å²) < 4.78 is 31.6. The second-order valence-corrected chi connectivity index (χ2v) is 4.24. The van der Waals surface area contributed by atoms with Crippen molar-refractivity contribution in [3.05, 3.63) is 28.2 Å². The largest absolute Gasteiger partial charge is 0.490 e. The zero-order chi connectivity index (χ0) is 11.3. The lowest BCUT2D eigenvalue weighted by atomic mass is 10.3. The standard InChI is InChI=1S/C10H10BrClF2O/c11-7-5-8(13)10(14)9(6-7)15-4-2-1-3-12/h5-6H,1-4H2. The second-order valence-electron chi connectivity index (χ2n) is 2.94. The van der Waals surface area contributed by atoms with E-state index in [1.165, 1.54) is 6.07 Å². The van der Waals surface area contributed by atoms with E-state index in [1.807, 2.05) is 0 Å². The summed E-state index contributed by atoms with van der Waals surface area (Å²) in [4.78, 5) is 0. The van der Waals surface area contributed by atoms with Crippen LogP contribution in [0.3, 0.4) is 0 Å². The van der Waals surface area contributed by atoms with Gasteiger partial charge in [-0.25, -0.2) is 4.39 Å². The molecule has 0 atom stereocenters. The maximum atomic E-state index is 13.1. The van der Waals surface area contributed by atoms with E-state index in [0.717, 1.165) is 18.9 Å². The molecular formula is C10H10BrClF2O. The molecule has 0 heterocycles. The Hall–Kier alpha value is -0.350. The number of ether oxygens (including phenoxy) is 1. The van der Waals surface area contributed by atoms with E-state index < -0.39 is 11.6 Å². The highest BCUT2D eigenvalue weighted by Gasteiger charge is 2.10. The van der Waals surface area contributed by atoms with Crippen LogP contribution in [0.2, 0.25) is 0 Å². The quantitative estimate of drug-likeness (QED) is 0.451. The summed E-state index contributed by atoms with van der Waals surface area (Å²) in [6.45, 7) is 0.333. The first-order valence-electron chi connectivity index (χ1n) is 4.48. The van der Waals surface area contributed by atoms with Gasteiger partial charge in [0.25, 0.3) is 0 Å². The zero-order valence-electron chi connectivity index (χ0n) is 7.90. The van der Waals surface area contributed by atoms with Crippen LogP contribution in [0.1, 0.15) is 12.8 Å². The van der Waals surface area contributed by atoms with Gasteiger partial charge in [0.15, 0.2) is 11.6 Å². The lowest BCUT2D eigenvalue weighted by Crippen LogP contribution is -2.01. The predicted octanol–water partition coefficient (Wildman–Crippen LogP) is 4.13. The topological polar surface area (TPSA) is 9.23 Å². The smallest absolute Gasteiger partial charge is 0.200 e. The van der Waals surface area contributed by atoms with Gasteiger partial charge >= 0.3 is 0 Å². The van der Waals surface area contributed by atoms with E-state index >= 15 is 0 Å². The second kappa shape index (κ2) is 6.28. The summed E-state index contributed by atoms with van der Waals surface area (Å²) in [5.41, 5.74) is 0. The van der Waals surface area contributed by atoms with Crippen molar-refractivity contribution in [2.45, 2.75) is 12.8 Å². The average molecular weight is 300 g/mol. The monoisotopic (exact) mass is 298 g/mol. The molecular weight excluding hydrogens is 289 g/mol. The minimum absolute atomic E-state index is 0.0727. The van der Waals surface area contributed by atoms with Gasteiger partial charge in [-0.05, 0) is 25.0 Å². The molecule has 0 spiro atoms. The molecule has 0 bridgehead atoms. The van der Waals surface area contributed by atoms with Gasteiger partial charge < -0.3 is 4.74 Å². The van der Waals surface area contributed by atoms with Crippen LogP contribution in [-0.4, -0.2) is 12.5 Å². The van der Waals surface area contributed by atoms with Crippen molar-refractivity contribution in [3.63, 3.8) is 0 Å². The maximum Gasteiger partial charge on any atom is 0.200 e. The molecule has 5 heteroatoms. The minimum Gasteiger partial charge on any atom is -0.490 e. The zero-order valence-corrected chi connectivity index (χ0v) is 10.2. The fourth-order valence-electron chi connectivity index (χ4n) is 1.02. The molecule has 1 aromatic rings. The molecule has 1 aromatic carbocycles. The molecule has 84 valence electrons. The molecule has 0 aliphatic carbocycles. The van der Waals surface area contributed by atoms with Crippen molar-refractivity contribution < 1.29 is 13.5 Å². The Morgan fingerprint density at radius 1 is 1.27 bits per heavy atom. The molecule has 0 saturated heterocycles. The Labute approximate surface area is 101 Å². The first kappa shape index (κ1) is 12.7. The van der Waals surface area contributed by atoms with Gasteiger partial charge in [-0.1, -0.05) is 15.9 Å². The number of hydrogen-bond donors (Lipinski definition) is 0. The molecule has 0 aliphatic heterocycles. The number of rotatable bonds is 5. The fraction of sp³-hybridized carbons (Fsp3) is 0.400. The Bertz CT molecular complexity index is 333. The normalized spacial score (nSPS) is 10.4. The molecule has 0 unspecified atom stereocenters. The Kier molecular flexibility index (Phi) is 5.32. The first-order valence-corrected chi connectivity index (χ1v) is 5.81. The van der Waals surface area contributed by atoms with Gasteiger partial charge in [0.05, 0.1) is 6.61 Å². The molecule has 1 rings (SSSR count). The van der Waals surface area contributed by atoms with Crippen LogP contribution in [0.5, 0.6) is 5.75 Å². The molecule has 0 radical (unpaired) electrons. The van der Waals surface area contributed by atoms with Gasteiger partial charge in [-0.2, -0.15) is 4.39 Å². The van der Waals surface area contributed by atoms with Crippen LogP contribution < -0.4 is 4.74 Å². The number of halogens is 4. The molecule has 1 nitrogen and oxygen atoms in total. The predicted molar refractivity (Wildman–Crippen MR) is 59.5 cm³/mol. The van der Waals surface area contributed by atoms with Crippen molar-refractivity contribution in [1.82, 2.24) is 0 Å². The fourth-order valence-corrected chi connectivity index (χ4v) is 1.61. The SMILES string of the molecule is Fc1cc(Br)cc(OCCCCCl)c1F. The highest BCUT2D eigenvalue weighted by atomic mass is 79.9. The molecule has 15 heavy (non-hydrogen) atoms. The lowest BCUT2D eigenvalue weighted by molar-refractivity contribution is 0.288. The number of unbranched alkanes of at least 4 members (excludes halogenated alkanes) is 1. The van der Waals surface area contributed by atoms with Crippen LogP contribution in [0.25, 0.3) is 0 Å². The molecule has 0 saturated carbocycles. The summed E-state index contributed by atoms with van der Waals surface area (Å²) in [7, 11) is 0. The van der Waals surface area contributed by atoms with E-state index in [-0.39, 0.29) is 5.75 Å². The molecule has 0 aromatic heterocycles. The van der Waals surface area contributed by atoms with Crippen LogP contribution >= 0.6 is 27.5 Å². The van der Waals surface area contributed by atoms with Crippen LogP contribution in [0.4, 0.5) is 8.78 Å². The van der Waals surface area contributed by atoms with Crippen molar-refractivity contribution in [1.29, 1.82) is 0 Å². The van der Waals surface area contributed by atoms with Gasteiger partial charge in [-0.3, -0.25) is 0 Å². The molecule has 0 amide bonds. The summed E-state index contributed by atoms with van der Waals surface area (Å²) in [6.07, 6.45) is 1.51. The number of benzene rings is 1. The van der Waals surface area contributed by atoms with Gasteiger partial charge in [0.1, 0.15) is 0 Å². The van der Waals surface area contributed by atoms with Crippen LogP contribution in [0, 0.1) is 11.6 Å². The summed E-state index contributed by atoms with van der Waals surface area (Å²) in [6, 6.07) is 2.46. The van der Waals surface area contributed by atoms with Gasteiger partial charge in [-0.15, -0.1) is 11.6 Å². The molecule has 0 aliphatic rings. The van der Waals surface area contributed by atoms with E-state index in [2.05, 4.69) is 15.9 Å². The number of hydrogen-bond acceptors (Lipinski definition) is 1. The lowest BCUT2D eigenvalue weighted by Gasteiger charge is -2.07. The summed E-state index contributed by atoms with van der Waals surface area (Å²) in [5, 5.41) is 0. The van der Waals surface area contributed by atoms with E-state index in [9.17, 15) is 8.78 Å². The van der Waals surface area contributed by atoms with Gasteiger partial charge in [0, 0.05) is 10.4 Å². The summed E-state index contributed by atoms with van der Waals surface area (Å²) >= 11 is 8.53. The van der Waals surface area contributed by atoms with Crippen molar-refractivity contribution in [3.8, 4) is 5.75 Å². The Morgan fingerprint density at radius 3 is 2.67 bits per heavy atom. The van der Waals surface area contributed by atoms with Crippen LogP contribution in [0.15, 0.2) is 16.6 Å². The number of alkyl halides is 1. The first-order chi connectivity index (χ1) is 7.15. The minimum atomic E-state index is -0.955. The van der Waals surface area contributed by atoms with E-state index in [0.29, 0.717) is 17.0 Å². The average Bonchev–Trinajstić information content (AvgIpc) is 2.19. The molecule has 0 N–H and O–H groups in total. The molecule has 0 fully saturated rings. The summed E-state index contributed by atoms with van der Waals surface area (Å²) in [5.74, 6) is -1.41. The maximum absolute atomic E-state index is 13.1. The highest BCUT2D eigenvalue weighted by molar-refractivity contribution is 9.10. The Morgan fingerprint density at radius 2 is 2.00 bits per heavy atom. The third kappa shape index (κ3) is 3.95. The van der Waals surface area contributed by atoms with E-state index in [1.54, 1.807) is 0 Å².